The second-order valence-electron chi connectivity index (χ2n) is 10.4. The standard InChI is InChI=1S/C24H33N3O/c1-23(2)18-11-12-24(23,3)21(14-18)25-22(28)27-15-19(17-7-5-4-6-8-17)20(26-27)13-16-9-10-16/h4-8,16,18-19,21H,9-15H2,1-3H3,(H,25,28)/t18?,19?,21-,24?/m0/s1. The number of nitrogens with zero attached hydrogens (tertiary/aromatic N) is 2. The maximum atomic E-state index is 13.2. The molecule has 1 aromatic rings. The maximum absolute atomic E-state index is 13.2. The number of amides is 2. The average Bonchev–Trinajstić information content (AvgIpc) is 3.30. The molecule has 2 bridgehead atoms. The number of hydrazone groups is 1. The van der Waals surface area contributed by atoms with Crippen LogP contribution in [0.3, 0.4) is 0 Å². The van der Waals surface area contributed by atoms with E-state index < -0.39 is 0 Å². The first-order valence-electron chi connectivity index (χ1n) is 11.1. The highest BCUT2D eigenvalue weighted by Gasteiger charge is 2.61. The lowest BCUT2D eigenvalue weighted by Crippen LogP contribution is -2.50. The van der Waals surface area contributed by atoms with Gasteiger partial charge in [0.15, 0.2) is 0 Å². The molecule has 28 heavy (non-hydrogen) atoms. The van der Waals surface area contributed by atoms with Gasteiger partial charge in [0.05, 0.1) is 6.54 Å². The van der Waals surface area contributed by atoms with Gasteiger partial charge in [-0.25, -0.2) is 9.80 Å². The third-order valence-electron chi connectivity index (χ3n) is 8.73. The van der Waals surface area contributed by atoms with E-state index in [-0.39, 0.29) is 23.4 Å². The predicted octanol–water partition coefficient (Wildman–Crippen LogP) is 5.17. The second-order valence-corrected chi connectivity index (χ2v) is 10.4. The summed E-state index contributed by atoms with van der Waals surface area (Å²) in [5, 5.41) is 9.94. The zero-order chi connectivity index (χ0) is 19.5. The molecule has 1 heterocycles. The van der Waals surface area contributed by atoms with Gasteiger partial charge in [0, 0.05) is 17.7 Å². The molecule has 0 aromatic heterocycles. The zero-order valence-electron chi connectivity index (χ0n) is 17.4. The molecule has 1 aromatic carbocycles. The van der Waals surface area contributed by atoms with Gasteiger partial charge in [-0.1, -0.05) is 51.1 Å². The molecule has 4 atom stereocenters. The molecule has 3 unspecified atom stereocenters. The monoisotopic (exact) mass is 379 g/mol. The summed E-state index contributed by atoms with van der Waals surface area (Å²) in [6, 6.07) is 10.9. The molecule has 0 radical (unpaired) electrons. The van der Waals surface area contributed by atoms with Gasteiger partial charge in [0.1, 0.15) is 0 Å². The van der Waals surface area contributed by atoms with Crippen LogP contribution >= 0.6 is 0 Å². The van der Waals surface area contributed by atoms with Crippen LogP contribution in [0.1, 0.15) is 70.8 Å². The van der Waals surface area contributed by atoms with Crippen LogP contribution in [0, 0.1) is 22.7 Å². The highest BCUT2D eigenvalue weighted by atomic mass is 16.2. The van der Waals surface area contributed by atoms with E-state index in [0.717, 1.165) is 24.7 Å². The van der Waals surface area contributed by atoms with Crippen LogP contribution in [-0.4, -0.2) is 29.3 Å². The Kier molecular flexibility index (Phi) is 4.12. The zero-order valence-corrected chi connectivity index (χ0v) is 17.4. The number of nitrogens with one attached hydrogen (secondary N) is 1. The van der Waals surface area contributed by atoms with Gasteiger partial charge in [-0.05, 0) is 66.8 Å². The number of hydrogen-bond donors (Lipinski definition) is 1. The van der Waals surface area contributed by atoms with Gasteiger partial charge in [0.25, 0.3) is 0 Å². The van der Waals surface area contributed by atoms with E-state index >= 15 is 0 Å². The summed E-state index contributed by atoms with van der Waals surface area (Å²) in [6.07, 6.45) is 7.30. The molecular weight excluding hydrogens is 346 g/mol. The molecule has 1 N–H and O–H groups in total. The van der Waals surface area contributed by atoms with Crippen LogP contribution in [0.2, 0.25) is 0 Å². The Labute approximate surface area is 168 Å². The van der Waals surface area contributed by atoms with E-state index in [9.17, 15) is 4.79 Å². The summed E-state index contributed by atoms with van der Waals surface area (Å²) >= 11 is 0. The number of carbonyl (C=O) groups is 1. The molecular formula is C24H33N3O. The third-order valence-corrected chi connectivity index (χ3v) is 8.73. The largest absolute Gasteiger partial charge is 0.338 e. The molecule has 150 valence electrons. The van der Waals surface area contributed by atoms with Crippen LogP contribution in [-0.2, 0) is 0 Å². The normalized spacial score (nSPS) is 35.9. The van der Waals surface area contributed by atoms with E-state index in [0.29, 0.717) is 12.0 Å². The number of fused-ring (bicyclic) bond motifs is 2. The van der Waals surface area contributed by atoms with Crippen molar-refractivity contribution in [2.24, 2.45) is 27.8 Å². The Bertz CT molecular complexity index is 797. The average molecular weight is 380 g/mol. The second kappa shape index (κ2) is 6.33. The molecule has 4 heteroatoms. The van der Waals surface area contributed by atoms with Gasteiger partial charge in [-0.2, -0.15) is 5.10 Å². The number of urea groups is 1. The van der Waals surface area contributed by atoms with Crippen LogP contribution in [0.5, 0.6) is 0 Å². The van der Waals surface area contributed by atoms with Crippen molar-refractivity contribution >= 4 is 11.7 Å². The molecule has 4 nitrogen and oxygen atoms in total. The minimum atomic E-state index is 0.00121. The van der Waals surface area contributed by atoms with Crippen molar-refractivity contribution < 1.29 is 4.79 Å². The SMILES string of the molecule is CC1(C)C2CCC1(C)[C@@H](NC(=O)N1CC(c3ccccc3)C(CC3CC3)=N1)C2. The summed E-state index contributed by atoms with van der Waals surface area (Å²) < 4.78 is 0. The lowest BCUT2D eigenvalue weighted by atomic mass is 9.69. The van der Waals surface area contributed by atoms with Crippen LogP contribution in [0.25, 0.3) is 0 Å². The van der Waals surface area contributed by atoms with Crippen molar-refractivity contribution in [2.45, 2.75) is 71.3 Å². The summed E-state index contributed by atoms with van der Waals surface area (Å²) in [5.74, 6) is 1.75. The van der Waals surface area contributed by atoms with Gasteiger partial charge in [-0.15, -0.1) is 0 Å². The summed E-state index contributed by atoms with van der Waals surface area (Å²) in [5.41, 5.74) is 2.99. The van der Waals surface area contributed by atoms with Crippen molar-refractivity contribution in [3.63, 3.8) is 0 Å². The summed E-state index contributed by atoms with van der Waals surface area (Å²) in [6.45, 7) is 7.84. The molecule has 3 saturated carbocycles. The fourth-order valence-corrected chi connectivity index (χ4v) is 6.10. The molecule has 0 saturated heterocycles. The minimum absolute atomic E-state index is 0.00121. The highest BCUT2D eigenvalue weighted by Crippen LogP contribution is 2.65. The van der Waals surface area contributed by atoms with Crippen molar-refractivity contribution in [1.29, 1.82) is 0 Å². The van der Waals surface area contributed by atoms with Crippen LogP contribution in [0.4, 0.5) is 4.79 Å². The molecule has 1 aliphatic heterocycles. The molecule has 5 rings (SSSR count). The maximum Gasteiger partial charge on any atom is 0.338 e. The number of rotatable bonds is 4. The first kappa shape index (κ1) is 18.2. The van der Waals surface area contributed by atoms with Crippen molar-refractivity contribution in [1.82, 2.24) is 10.3 Å². The lowest BCUT2D eigenvalue weighted by Gasteiger charge is -2.39. The summed E-state index contributed by atoms with van der Waals surface area (Å²) in [4.78, 5) is 13.2. The predicted molar refractivity (Wildman–Crippen MR) is 112 cm³/mol. The van der Waals surface area contributed by atoms with Gasteiger partial charge >= 0.3 is 6.03 Å². The van der Waals surface area contributed by atoms with Gasteiger partial charge in [-0.3, -0.25) is 0 Å². The fourth-order valence-electron chi connectivity index (χ4n) is 6.10. The number of benzene rings is 1. The van der Waals surface area contributed by atoms with E-state index in [4.69, 9.17) is 5.10 Å². The van der Waals surface area contributed by atoms with Crippen LogP contribution < -0.4 is 5.32 Å². The van der Waals surface area contributed by atoms with E-state index in [1.54, 1.807) is 5.01 Å². The number of hydrogen-bond acceptors (Lipinski definition) is 2. The van der Waals surface area contributed by atoms with Crippen molar-refractivity contribution in [3.8, 4) is 0 Å². The Morgan fingerprint density at radius 2 is 1.93 bits per heavy atom. The minimum Gasteiger partial charge on any atom is -0.333 e. The topological polar surface area (TPSA) is 44.7 Å². The Morgan fingerprint density at radius 1 is 1.18 bits per heavy atom. The molecule has 4 aliphatic rings. The van der Waals surface area contributed by atoms with Crippen LogP contribution in [0.15, 0.2) is 35.4 Å². The van der Waals surface area contributed by atoms with Crippen molar-refractivity contribution in [2.75, 3.05) is 6.54 Å². The first-order valence-corrected chi connectivity index (χ1v) is 11.1. The Hall–Kier alpha value is -1.84. The molecule has 3 aliphatic carbocycles. The molecule has 2 amide bonds. The third kappa shape index (κ3) is 2.79. The Balaban J connectivity index is 1.32. The van der Waals surface area contributed by atoms with Gasteiger partial charge in [0.2, 0.25) is 0 Å². The quantitative estimate of drug-likeness (QED) is 0.771. The highest BCUT2D eigenvalue weighted by molar-refractivity contribution is 5.95. The van der Waals surface area contributed by atoms with Gasteiger partial charge < -0.3 is 5.32 Å². The summed E-state index contributed by atoms with van der Waals surface area (Å²) in [7, 11) is 0. The van der Waals surface area contributed by atoms with E-state index in [1.165, 1.54) is 37.0 Å². The van der Waals surface area contributed by atoms with E-state index in [1.807, 2.05) is 0 Å². The fraction of sp³-hybridized carbons (Fsp3) is 0.667. The van der Waals surface area contributed by atoms with Crippen molar-refractivity contribution in [3.05, 3.63) is 35.9 Å². The Morgan fingerprint density at radius 3 is 2.54 bits per heavy atom. The first-order chi connectivity index (χ1) is 13.4. The lowest BCUT2D eigenvalue weighted by molar-refractivity contribution is 0.118. The molecule has 3 fully saturated rings. The smallest absolute Gasteiger partial charge is 0.333 e. The van der Waals surface area contributed by atoms with E-state index in [2.05, 4.69) is 56.4 Å². The number of carbonyl (C=O) groups excluding carboxylic acids is 1. The molecule has 0 spiro atoms.